The third kappa shape index (κ3) is 3.58. The molecule has 0 atom stereocenters. The Morgan fingerprint density at radius 1 is 1.40 bits per heavy atom. The zero-order chi connectivity index (χ0) is 14.5. The van der Waals surface area contributed by atoms with Crippen molar-refractivity contribution in [3.8, 4) is 0 Å². The van der Waals surface area contributed by atoms with E-state index in [2.05, 4.69) is 42.4 Å². The third-order valence-corrected chi connectivity index (χ3v) is 3.89. The number of benzene rings is 1. The van der Waals surface area contributed by atoms with Crippen molar-refractivity contribution < 1.29 is 4.79 Å². The van der Waals surface area contributed by atoms with Crippen molar-refractivity contribution in [2.75, 3.05) is 31.5 Å². The van der Waals surface area contributed by atoms with Gasteiger partial charge >= 0.3 is 0 Å². The molecule has 0 aliphatic carbocycles. The normalized spacial score (nSPS) is 15.4. The number of hydrogen-bond acceptors (Lipinski definition) is 3. The van der Waals surface area contributed by atoms with Crippen LogP contribution in [0.15, 0.2) is 24.3 Å². The van der Waals surface area contributed by atoms with Gasteiger partial charge in [0.05, 0.1) is 6.54 Å². The maximum absolute atomic E-state index is 12.2. The number of amides is 1. The van der Waals surface area contributed by atoms with Crippen LogP contribution in [-0.2, 0) is 4.79 Å². The Balaban J connectivity index is 1.97. The number of nitrogens with one attached hydrogen (secondary N) is 2. The Kier molecular flexibility index (Phi) is 5.15. The van der Waals surface area contributed by atoms with E-state index in [1.165, 1.54) is 5.56 Å². The summed E-state index contributed by atoms with van der Waals surface area (Å²) in [4.78, 5) is 14.5. The highest BCUT2D eigenvalue weighted by molar-refractivity contribution is 5.93. The molecule has 4 nitrogen and oxygen atoms in total. The van der Waals surface area contributed by atoms with Crippen molar-refractivity contribution in [1.29, 1.82) is 0 Å². The van der Waals surface area contributed by atoms with Crippen molar-refractivity contribution in [3.63, 3.8) is 0 Å². The molecule has 2 rings (SSSR count). The van der Waals surface area contributed by atoms with Gasteiger partial charge in [-0.2, -0.15) is 0 Å². The minimum Gasteiger partial charge on any atom is -0.325 e. The van der Waals surface area contributed by atoms with E-state index >= 15 is 0 Å². The summed E-state index contributed by atoms with van der Waals surface area (Å²) < 4.78 is 0. The van der Waals surface area contributed by atoms with Crippen LogP contribution in [0, 0.1) is 0 Å². The largest absolute Gasteiger partial charge is 0.325 e. The monoisotopic (exact) mass is 275 g/mol. The summed E-state index contributed by atoms with van der Waals surface area (Å²) in [6.45, 7) is 9.74. The van der Waals surface area contributed by atoms with Crippen LogP contribution in [0.4, 0.5) is 5.69 Å². The molecule has 1 fully saturated rings. The number of likely N-dealkylation sites (N-methyl/N-ethyl adjacent to an activating group) is 1. The lowest BCUT2D eigenvalue weighted by Gasteiger charge is -2.37. The molecule has 0 aromatic heterocycles. The van der Waals surface area contributed by atoms with Gasteiger partial charge in [-0.3, -0.25) is 9.69 Å². The van der Waals surface area contributed by atoms with Gasteiger partial charge in [-0.15, -0.1) is 0 Å². The second-order valence-corrected chi connectivity index (χ2v) is 5.67. The van der Waals surface area contributed by atoms with Gasteiger partial charge in [-0.1, -0.05) is 39.0 Å². The van der Waals surface area contributed by atoms with E-state index in [1.807, 2.05) is 18.2 Å². The van der Waals surface area contributed by atoms with Crippen LogP contribution in [0.25, 0.3) is 0 Å². The highest BCUT2D eigenvalue weighted by Gasteiger charge is 2.25. The molecule has 1 amide bonds. The van der Waals surface area contributed by atoms with Crippen LogP contribution >= 0.6 is 0 Å². The van der Waals surface area contributed by atoms with Gasteiger partial charge in [0.2, 0.25) is 5.91 Å². The maximum Gasteiger partial charge on any atom is 0.238 e. The number of rotatable bonds is 6. The first-order valence-corrected chi connectivity index (χ1v) is 7.45. The molecule has 2 N–H and O–H groups in total. The maximum atomic E-state index is 12.2. The van der Waals surface area contributed by atoms with E-state index in [0.29, 0.717) is 18.5 Å². The molecule has 0 spiro atoms. The standard InChI is InChI=1S/C16H25N3O/c1-4-19(13-9-17-10-13)11-16(20)18-15-8-6-5-7-14(15)12(2)3/h5-8,12-13,17H,4,9-11H2,1-3H3,(H,18,20). The van der Waals surface area contributed by atoms with Crippen LogP contribution in [-0.4, -0.2) is 43.0 Å². The van der Waals surface area contributed by atoms with Gasteiger partial charge in [0.1, 0.15) is 0 Å². The Bertz CT molecular complexity index is 455. The minimum absolute atomic E-state index is 0.0758. The SMILES string of the molecule is CCN(CC(=O)Nc1ccccc1C(C)C)C1CNC1. The molecule has 1 aromatic carbocycles. The molecule has 110 valence electrons. The second-order valence-electron chi connectivity index (χ2n) is 5.67. The predicted molar refractivity (Wildman–Crippen MR) is 83.1 cm³/mol. The lowest BCUT2D eigenvalue weighted by Crippen LogP contribution is -2.58. The topological polar surface area (TPSA) is 44.4 Å². The van der Waals surface area contributed by atoms with Gasteiger partial charge < -0.3 is 10.6 Å². The fraction of sp³-hybridized carbons (Fsp3) is 0.562. The first kappa shape index (κ1) is 15.0. The van der Waals surface area contributed by atoms with Gasteiger partial charge in [0.15, 0.2) is 0 Å². The summed E-state index contributed by atoms with van der Waals surface area (Å²) in [5, 5.41) is 6.31. The first-order valence-electron chi connectivity index (χ1n) is 7.45. The average Bonchev–Trinajstić information content (AvgIpc) is 2.36. The van der Waals surface area contributed by atoms with Crippen LogP contribution in [0.1, 0.15) is 32.3 Å². The molecule has 0 bridgehead atoms. The molecule has 1 aliphatic heterocycles. The number of carbonyl (C=O) groups excluding carboxylic acids is 1. The summed E-state index contributed by atoms with van der Waals surface area (Å²) in [7, 11) is 0. The minimum atomic E-state index is 0.0758. The molecule has 1 heterocycles. The Morgan fingerprint density at radius 2 is 2.10 bits per heavy atom. The number of nitrogens with zero attached hydrogens (tertiary/aromatic N) is 1. The van der Waals surface area contributed by atoms with E-state index in [9.17, 15) is 4.79 Å². The summed E-state index contributed by atoms with van der Waals surface area (Å²) in [5.74, 6) is 0.483. The Labute approximate surface area is 121 Å². The molecular weight excluding hydrogens is 250 g/mol. The predicted octanol–water partition coefficient (Wildman–Crippen LogP) is 2.04. The van der Waals surface area contributed by atoms with Gasteiger partial charge in [-0.25, -0.2) is 0 Å². The molecule has 1 aliphatic rings. The van der Waals surface area contributed by atoms with Gasteiger partial charge in [0.25, 0.3) is 0 Å². The van der Waals surface area contributed by atoms with Gasteiger partial charge in [0, 0.05) is 24.8 Å². The Hall–Kier alpha value is -1.39. The third-order valence-electron chi connectivity index (χ3n) is 3.89. The van der Waals surface area contributed by atoms with E-state index in [0.717, 1.165) is 25.3 Å². The first-order chi connectivity index (χ1) is 9.61. The van der Waals surface area contributed by atoms with Crippen molar-refractivity contribution in [1.82, 2.24) is 10.2 Å². The van der Waals surface area contributed by atoms with Crippen LogP contribution in [0.3, 0.4) is 0 Å². The zero-order valence-corrected chi connectivity index (χ0v) is 12.6. The molecule has 0 unspecified atom stereocenters. The van der Waals surface area contributed by atoms with E-state index in [-0.39, 0.29) is 5.91 Å². The molecule has 4 heteroatoms. The molecule has 0 radical (unpaired) electrons. The summed E-state index contributed by atoms with van der Waals surface area (Å²) in [6, 6.07) is 8.55. The van der Waals surface area contributed by atoms with E-state index in [4.69, 9.17) is 0 Å². The van der Waals surface area contributed by atoms with Crippen molar-refractivity contribution in [3.05, 3.63) is 29.8 Å². The van der Waals surface area contributed by atoms with Crippen LogP contribution in [0.5, 0.6) is 0 Å². The molecule has 20 heavy (non-hydrogen) atoms. The number of carbonyl (C=O) groups is 1. The molecule has 1 aromatic rings. The Morgan fingerprint density at radius 3 is 2.65 bits per heavy atom. The summed E-state index contributed by atoms with van der Waals surface area (Å²) in [5.41, 5.74) is 2.13. The lowest BCUT2D eigenvalue weighted by atomic mass is 10.0. The molecule has 1 saturated heterocycles. The zero-order valence-electron chi connectivity index (χ0n) is 12.6. The second kappa shape index (κ2) is 6.86. The van der Waals surface area contributed by atoms with Crippen molar-refractivity contribution in [2.24, 2.45) is 0 Å². The van der Waals surface area contributed by atoms with Gasteiger partial charge in [-0.05, 0) is 24.1 Å². The molecular formula is C16H25N3O. The van der Waals surface area contributed by atoms with Crippen molar-refractivity contribution >= 4 is 11.6 Å². The highest BCUT2D eigenvalue weighted by atomic mass is 16.2. The van der Waals surface area contributed by atoms with Crippen LogP contribution < -0.4 is 10.6 Å². The summed E-state index contributed by atoms with van der Waals surface area (Å²) >= 11 is 0. The van der Waals surface area contributed by atoms with E-state index < -0.39 is 0 Å². The van der Waals surface area contributed by atoms with Crippen molar-refractivity contribution in [2.45, 2.75) is 32.7 Å². The number of anilines is 1. The fourth-order valence-corrected chi connectivity index (χ4v) is 2.52. The average molecular weight is 275 g/mol. The highest BCUT2D eigenvalue weighted by Crippen LogP contribution is 2.23. The van der Waals surface area contributed by atoms with Crippen LogP contribution in [0.2, 0.25) is 0 Å². The summed E-state index contributed by atoms with van der Waals surface area (Å²) in [6.07, 6.45) is 0. The van der Waals surface area contributed by atoms with E-state index in [1.54, 1.807) is 0 Å². The molecule has 0 saturated carbocycles. The fourth-order valence-electron chi connectivity index (χ4n) is 2.52. The lowest BCUT2D eigenvalue weighted by molar-refractivity contribution is -0.118. The number of hydrogen-bond donors (Lipinski definition) is 2. The number of para-hydroxylation sites is 1. The quantitative estimate of drug-likeness (QED) is 0.835. The smallest absolute Gasteiger partial charge is 0.238 e.